The van der Waals surface area contributed by atoms with Gasteiger partial charge in [-0.3, -0.25) is 0 Å². The fourth-order valence-electron chi connectivity index (χ4n) is 3.20. The van der Waals surface area contributed by atoms with Gasteiger partial charge in [0.05, 0.1) is 5.39 Å². The maximum absolute atomic E-state index is 4.90. The third-order valence-electron chi connectivity index (χ3n) is 4.44. The van der Waals surface area contributed by atoms with Crippen LogP contribution in [-0.2, 0) is 13.0 Å². The summed E-state index contributed by atoms with van der Waals surface area (Å²) in [5, 5.41) is 9.07. The second kappa shape index (κ2) is 6.96. The third-order valence-corrected chi connectivity index (χ3v) is 4.44. The molecule has 2 heterocycles. The Morgan fingerprint density at radius 1 is 0.923 bits per heavy atom. The molecule has 0 unspecified atom stereocenters. The van der Waals surface area contributed by atoms with Gasteiger partial charge in [-0.15, -0.1) is 0 Å². The second-order valence-corrected chi connectivity index (χ2v) is 6.24. The summed E-state index contributed by atoms with van der Waals surface area (Å²) < 4.78 is 2.00. The van der Waals surface area contributed by atoms with Crippen LogP contribution in [0.5, 0.6) is 0 Å². The van der Waals surface area contributed by atoms with Crippen LogP contribution < -0.4 is 5.32 Å². The molecule has 0 saturated carbocycles. The number of nitrogens with zero attached hydrogens (tertiary/aromatic N) is 4. The van der Waals surface area contributed by atoms with Crippen molar-refractivity contribution in [3.8, 4) is 11.3 Å². The molecule has 0 aliphatic carbocycles. The zero-order chi connectivity index (χ0) is 17.9. The van der Waals surface area contributed by atoms with Crippen LogP contribution >= 0.6 is 0 Å². The number of hydrogen-bond acceptors (Lipinski definition) is 4. The molecular weight excluding hydrogens is 322 g/mol. The molecule has 4 rings (SSSR count). The quantitative estimate of drug-likeness (QED) is 0.593. The predicted molar refractivity (Wildman–Crippen MR) is 105 cm³/mol. The van der Waals surface area contributed by atoms with Crippen molar-refractivity contribution >= 4 is 16.9 Å². The summed E-state index contributed by atoms with van der Waals surface area (Å²) in [6.45, 7) is 2.68. The number of anilines is 1. The summed E-state index contributed by atoms with van der Waals surface area (Å²) in [6, 6.07) is 20.7. The average molecular weight is 343 g/mol. The summed E-state index contributed by atoms with van der Waals surface area (Å²) in [6.07, 6.45) is 0.907. The maximum Gasteiger partial charge on any atom is 0.164 e. The first-order valence-corrected chi connectivity index (χ1v) is 8.78. The Morgan fingerprint density at radius 2 is 1.62 bits per heavy atom. The Bertz CT molecular complexity index is 1020. The van der Waals surface area contributed by atoms with Crippen molar-refractivity contribution < 1.29 is 0 Å². The number of hydrogen-bond donors (Lipinski definition) is 1. The second-order valence-electron chi connectivity index (χ2n) is 6.24. The first-order valence-electron chi connectivity index (χ1n) is 8.78. The van der Waals surface area contributed by atoms with Crippen molar-refractivity contribution in [2.24, 2.45) is 0 Å². The van der Waals surface area contributed by atoms with E-state index in [1.54, 1.807) is 0 Å². The Hall–Kier alpha value is -3.21. The van der Waals surface area contributed by atoms with E-state index in [0.29, 0.717) is 0 Å². The minimum atomic E-state index is 0.738. The molecule has 0 fully saturated rings. The van der Waals surface area contributed by atoms with E-state index in [2.05, 4.69) is 46.7 Å². The summed E-state index contributed by atoms with van der Waals surface area (Å²) in [4.78, 5) is 9.25. The number of benzene rings is 2. The first kappa shape index (κ1) is 16.3. The topological polar surface area (TPSA) is 55.6 Å². The third kappa shape index (κ3) is 3.04. The summed E-state index contributed by atoms with van der Waals surface area (Å²) in [5.74, 6) is 1.56. The smallest absolute Gasteiger partial charge is 0.164 e. The molecule has 2 aromatic heterocycles. The largest absolute Gasteiger partial charge is 0.372 e. The number of rotatable bonds is 5. The lowest BCUT2D eigenvalue weighted by Gasteiger charge is -2.06. The van der Waals surface area contributed by atoms with Crippen LogP contribution in [0.4, 0.5) is 5.82 Å². The lowest BCUT2D eigenvalue weighted by atomic mass is 10.1. The van der Waals surface area contributed by atoms with Crippen LogP contribution in [0.3, 0.4) is 0 Å². The van der Waals surface area contributed by atoms with E-state index >= 15 is 0 Å². The Balaban J connectivity index is 1.83. The van der Waals surface area contributed by atoms with Gasteiger partial charge in [0, 0.05) is 19.2 Å². The highest BCUT2D eigenvalue weighted by atomic mass is 15.3. The number of fused-ring (bicyclic) bond motifs is 1. The van der Waals surface area contributed by atoms with Gasteiger partial charge in [-0.05, 0) is 18.9 Å². The fraction of sp³-hybridized carbons (Fsp3) is 0.190. The lowest BCUT2D eigenvalue weighted by molar-refractivity contribution is 0.631. The molecule has 5 nitrogen and oxygen atoms in total. The zero-order valence-corrected chi connectivity index (χ0v) is 15.0. The zero-order valence-electron chi connectivity index (χ0n) is 15.0. The number of aromatic nitrogens is 4. The van der Waals surface area contributed by atoms with E-state index in [0.717, 1.165) is 46.9 Å². The fourth-order valence-corrected chi connectivity index (χ4v) is 3.20. The van der Waals surface area contributed by atoms with Crippen LogP contribution in [0.25, 0.3) is 22.3 Å². The van der Waals surface area contributed by atoms with Crippen LogP contribution in [0.2, 0.25) is 0 Å². The van der Waals surface area contributed by atoms with Crippen molar-refractivity contribution in [3.63, 3.8) is 0 Å². The molecule has 130 valence electrons. The SMILES string of the molecule is CNc1nc(C)nc2c1c(-c1ccccc1)nn2CCc1ccccc1. The molecule has 5 heteroatoms. The van der Waals surface area contributed by atoms with Crippen LogP contribution in [0.1, 0.15) is 11.4 Å². The summed E-state index contributed by atoms with van der Waals surface area (Å²) in [7, 11) is 1.89. The van der Waals surface area contributed by atoms with Gasteiger partial charge >= 0.3 is 0 Å². The lowest BCUT2D eigenvalue weighted by Crippen LogP contribution is -2.05. The van der Waals surface area contributed by atoms with Gasteiger partial charge in [0.2, 0.25) is 0 Å². The molecule has 0 radical (unpaired) electrons. The van der Waals surface area contributed by atoms with Crippen LogP contribution in [-0.4, -0.2) is 26.8 Å². The molecule has 0 atom stereocenters. The van der Waals surface area contributed by atoms with Crippen LogP contribution in [0, 0.1) is 6.92 Å². The van der Waals surface area contributed by atoms with Gasteiger partial charge < -0.3 is 5.32 Å². The van der Waals surface area contributed by atoms with Gasteiger partial charge in [-0.25, -0.2) is 14.6 Å². The number of aryl methyl sites for hydroxylation is 3. The standard InChI is InChI=1S/C21H21N5/c1-15-23-20(22-2)18-19(17-11-7-4-8-12-17)25-26(21(18)24-15)14-13-16-9-5-3-6-10-16/h3-12H,13-14H2,1-2H3,(H,22,23,24). The molecular formula is C21H21N5. The van der Waals surface area contributed by atoms with E-state index in [1.165, 1.54) is 5.56 Å². The van der Waals surface area contributed by atoms with E-state index < -0.39 is 0 Å². The minimum absolute atomic E-state index is 0.738. The first-order chi connectivity index (χ1) is 12.8. The van der Waals surface area contributed by atoms with Crippen molar-refractivity contribution in [2.45, 2.75) is 19.9 Å². The molecule has 4 aromatic rings. The van der Waals surface area contributed by atoms with E-state index in [-0.39, 0.29) is 0 Å². The average Bonchev–Trinajstić information content (AvgIpc) is 3.05. The Labute approximate surface area is 152 Å². The van der Waals surface area contributed by atoms with Gasteiger partial charge in [0.15, 0.2) is 5.65 Å². The summed E-state index contributed by atoms with van der Waals surface area (Å²) in [5.41, 5.74) is 4.14. The van der Waals surface area contributed by atoms with Gasteiger partial charge in [-0.1, -0.05) is 60.7 Å². The van der Waals surface area contributed by atoms with Crippen molar-refractivity contribution in [1.29, 1.82) is 0 Å². The molecule has 2 aromatic carbocycles. The van der Waals surface area contributed by atoms with Crippen LogP contribution in [0.15, 0.2) is 60.7 Å². The van der Waals surface area contributed by atoms with Crippen molar-refractivity contribution in [2.75, 3.05) is 12.4 Å². The minimum Gasteiger partial charge on any atom is -0.372 e. The molecule has 0 aliphatic heterocycles. The van der Waals surface area contributed by atoms with Gasteiger partial charge in [0.25, 0.3) is 0 Å². The monoisotopic (exact) mass is 343 g/mol. The summed E-state index contributed by atoms with van der Waals surface area (Å²) >= 11 is 0. The van der Waals surface area contributed by atoms with E-state index in [4.69, 9.17) is 10.1 Å². The Kier molecular flexibility index (Phi) is 4.35. The highest BCUT2D eigenvalue weighted by molar-refractivity contribution is 5.99. The van der Waals surface area contributed by atoms with Crippen molar-refractivity contribution in [1.82, 2.24) is 19.7 Å². The maximum atomic E-state index is 4.90. The Morgan fingerprint density at radius 3 is 2.31 bits per heavy atom. The molecule has 0 saturated heterocycles. The number of nitrogens with one attached hydrogen (secondary N) is 1. The van der Waals surface area contributed by atoms with E-state index in [9.17, 15) is 0 Å². The van der Waals surface area contributed by atoms with Gasteiger partial charge in [0.1, 0.15) is 17.3 Å². The molecule has 26 heavy (non-hydrogen) atoms. The van der Waals surface area contributed by atoms with E-state index in [1.807, 2.05) is 42.9 Å². The molecule has 0 bridgehead atoms. The normalized spacial score (nSPS) is 11.0. The molecule has 1 N–H and O–H groups in total. The van der Waals surface area contributed by atoms with Gasteiger partial charge in [-0.2, -0.15) is 5.10 Å². The highest BCUT2D eigenvalue weighted by Gasteiger charge is 2.18. The predicted octanol–water partition coefficient (Wildman–Crippen LogP) is 4.09. The highest BCUT2D eigenvalue weighted by Crippen LogP contribution is 2.31. The molecule has 0 aliphatic rings. The molecule has 0 amide bonds. The van der Waals surface area contributed by atoms with Crippen molar-refractivity contribution in [3.05, 3.63) is 72.1 Å². The molecule has 0 spiro atoms.